The molecule has 0 aliphatic heterocycles. The minimum absolute atomic E-state index is 0.0423. The second-order valence-corrected chi connectivity index (χ2v) is 6.61. The standard InChI is InChI=1S/C23H25N3O2/c1-26(17-19-7-4-3-5-8-19)23(27)20-11-12-22(25-16-20)24-14-13-18-9-6-10-21(15-18)28-2/h3-12,15-16H,13-14,17H2,1-2H3,(H,24,25). The lowest BCUT2D eigenvalue weighted by Gasteiger charge is -2.17. The number of rotatable bonds is 8. The van der Waals surface area contributed by atoms with Crippen LogP contribution in [0.5, 0.6) is 5.75 Å². The number of nitrogens with one attached hydrogen (secondary N) is 1. The van der Waals surface area contributed by atoms with E-state index < -0.39 is 0 Å². The number of methoxy groups -OCH3 is 1. The average molecular weight is 375 g/mol. The number of nitrogens with zero attached hydrogens (tertiary/aromatic N) is 2. The van der Waals surface area contributed by atoms with Gasteiger partial charge in [0.25, 0.3) is 5.91 Å². The normalized spacial score (nSPS) is 10.4. The van der Waals surface area contributed by atoms with E-state index in [-0.39, 0.29) is 5.91 Å². The summed E-state index contributed by atoms with van der Waals surface area (Å²) < 4.78 is 5.24. The van der Waals surface area contributed by atoms with E-state index in [1.165, 1.54) is 5.56 Å². The molecular weight excluding hydrogens is 350 g/mol. The SMILES string of the molecule is COc1cccc(CCNc2ccc(C(=O)N(C)Cc3ccccc3)cn2)c1. The van der Waals surface area contributed by atoms with Gasteiger partial charge in [0, 0.05) is 26.3 Å². The summed E-state index contributed by atoms with van der Waals surface area (Å²) in [5.41, 5.74) is 2.88. The largest absolute Gasteiger partial charge is 0.497 e. The molecule has 1 aromatic heterocycles. The molecule has 0 bridgehead atoms. The molecule has 5 heteroatoms. The number of pyridine rings is 1. The molecule has 0 atom stereocenters. The predicted octanol–water partition coefficient (Wildman–Crippen LogP) is 4.02. The van der Waals surface area contributed by atoms with Gasteiger partial charge >= 0.3 is 0 Å². The molecule has 0 aliphatic carbocycles. The third-order valence-electron chi connectivity index (χ3n) is 4.47. The Morgan fingerprint density at radius 3 is 2.54 bits per heavy atom. The third-order valence-corrected chi connectivity index (χ3v) is 4.47. The second-order valence-electron chi connectivity index (χ2n) is 6.61. The average Bonchev–Trinajstić information content (AvgIpc) is 2.74. The molecule has 0 spiro atoms. The molecule has 1 N–H and O–H groups in total. The van der Waals surface area contributed by atoms with E-state index in [9.17, 15) is 4.79 Å². The fourth-order valence-corrected chi connectivity index (χ4v) is 2.94. The second kappa shape index (κ2) is 9.55. The van der Waals surface area contributed by atoms with Gasteiger partial charge in [-0.1, -0.05) is 42.5 Å². The highest BCUT2D eigenvalue weighted by Gasteiger charge is 2.12. The topological polar surface area (TPSA) is 54.5 Å². The number of hydrogen-bond acceptors (Lipinski definition) is 4. The van der Waals surface area contributed by atoms with E-state index in [0.29, 0.717) is 12.1 Å². The molecule has 144 valence electrons. The van der Waals surface area contributed by atoms with Crippen molar-refractivity contribution in [2.24, 2.45) is 0 Å². The maximum Gasteiger partial charge on any atom is 0.255 e. The summed E-state index contributed by atoms with van der Waals surface area (Å²) in [5.74, 6) is 1.57. The first-order chi connectivity index (χ1) is 13.7. The van der Waals surface area contributed by atoms with E-state index in [0.717, 1.165) is 30.1 Å². The van der Waals surface area contributed by atoms with E-state index >= 15 is 0 Å². The van der Waals surface area contributed by atoms with Crippen molar-refractivity contribution in [1.29, 1.82) is 0 Å². The molecule has 0 aliphatic rings. The van der Waals surface area contributed by atoms with Gasteiger partial charge < -0.3 is 15.0 Å². The molecule has 5 nitrogen and oxygen atoms in total. The Morgan fingerprint density at radius 2 is 1.82 bits per heavy atom. The van der Waals surface area contributed by atoms with E-state index in [4.69, 9.17) is 4.74 Å². The van der Waals surface area contributed by atoms with Crippen molar-refractivity contribution >= 4 is 11.7 Å². The van der Waals surface area contributed by atoms with Crippen LogP contribution >= 0.6 is 0 Å². The molecular formula is C23H25N3O2. The molecule has 0 unspecified atom stereocenters. The lowest BCUT2D eigenvalue weighted by molar-refractivity contribution is 0.0784. The number of carbonyl (C=O) groups is 1. The number of amides is 1. The Hall–Kier alpha value is -3.34. The summed E-state index contributed by atoms with van der Waals surface area (Å²) in [4.78, 5) is 18.6. The number of hydrogen-bond donors (Lipinski definition) is 1. The van der Waals surface area contributed by atoms with Gasteiger partial charge in [-0.2, -0.15) is 0 Å². The van der Waals surface area contributed by atoms with Crippen LogP contribution in [0.2, 0.25) is 0 Å². The van der Waals surface area contributed by atoms with Crippen molar-refractivity contribution in [2.45, 2.75) is 13.0 Å². The lowest BCUT2D eigenvalue weighted by Crippen LogP contribution is -2.26. The molecule has 3 aromatic rings. The molecule has 28 heavy (non-hydrogen) atoms. The van der Waals surface area contributed by atoms with Gasteiger partial charge in [-0.05, 0) is 41.8 Å². The van der Waals surface area contributed by atoms with Gasteiger partial charge in [-0.25, -0.2) is 4.98 Å². The number of carbonyl (C=O) groups excluding carboxylic acids is 1. The van der Waals surface area contributed by atoms with Gasteiger partial charge in [0.05, 0.1) is 12.7 Å². The minimum atomic E-state index is -0.0423. The molecule has 3 rings (SSSR count). The fraction of sp³-hybridized carbons (Fsp3) is 0.217. The maximum atomic E-state index is 12.6. The third kappa shape index (κ3) is 5.33. The summed E-state index contributed by atoms with van der Waals surface area (Å²) in [6.07, 6.45) is 2.48. The quantitative estimate of drug-likeness (QED) is 0.646. The van der Waals surface area contributed by atoms with Crippen LogP contribution in [0.15, 0.2) is 72.9 Å². The van der Waals surface area contributed by atoms with E-state index in [2.05, 4.69) is 16.4 Å². The van der Waals surface area contributed by atoms with Crippen molar-refractivity contribution in [3.05, 3.63) is 89.6 Å². The van der Waals surface area contributed by atoms with Gasteiger partial charge in [0.2, 0.25) is 0 Å². The van der Waals surface area contributed by atoms with Crippen LogP contribution in [0.4, 0.5) is 5.82 Å². The highest BCUT2D eigenvalue weighted by atomic mass is 16.5. The summed E-state index contributed by atoms with van der Waals surface area (Å²) in [7, 11) is 3.47. The molecule has 0 saturated heterocycles. The van der Waals surface area contributed by atoms with Crippen molar-refractivity contribution in [2.75, 3.05) is 26.0 Å². The van der Waals surface area contributed by atoms with Crippen molar-refractivity contribution in [3.8, 4) is 5.75 Å². The number of anilines is 1. The number of ether oxygens (including phenoxy) is 1. The Kier molecular flexibility index (Phi) is 6.63. The van der Waals surface area contributed by atoms with Gasteiger partial charge in [-0.3, -0.25) is 4.79 Å². The minimum Gasteiger partial charge on any atom is -0.497 e. The van der Waals surface area contributed by atoms with E-state index in [1.807, 2.05) is 60.7 Å². The molecule has 1 amide bonds. The Bertz CT molecular complexity index is 895. The van der Waals surface area contributed by atoms with Crippen LogP contribution in [0.3, 0.4) is 0 Å². The number of aromatic nitrogens is 1. The van der Waals surface area contributed by atoms with Crippen LogP contribution < -0.4 is 10.1 Å². The summed E-state index contributed by atoms with van der Waals surface area (Å²) in [6, 6.07) is 21.6. The van der Waals surface area contributed by atoms with Crippen molar-refractivity contribution in [1.82, 2.24) is 9.88 Å². The van der Waals surface area contributed by atoms with Crippen molar-refractivity contribution < 1.29 is 9.53 Å². The predicted molar refractivity (Wildman–Crippen MR) is 112 cm³/mol. The van der Waals surface area contributed by atoms with E-state index in [1.54, 1.807) is 25.3 Å². The summed E-state index contributed by atoms with van der Waals surface area (Å²) in [6.45, 7) is 1.32. The fourth-order valence-electron chi connectivity index (χ4n) is 2.94. The molecule has 1 heterocycles. The summed E-state index contributed by atoms with van der Waals surface area (Å²) >= 11 is 0. The first-order valence-corrected chi connectivity index (χ1v) is 9.28. The van der Waals surface area contributed by atoms with Crippen LogP contribution in [-0.4, -0.2) is 36.5 Å². The van der Waals surface area contributed by atoms with Gasteiger partial charge in [0.1, 0.15) is 11.6 Å². The maximum absolute atomic E-state index is 12.6. The number of benzene rings is 2. The molecule has 2 aromatic carbocycles. The molecule has 0 fully saturated rings. The monoisotopic (exact) mass is 375 g/mol. The first-order valence-electron chi connectivity index (χ1n) is 9.28. The van der Waals surface area contributed by atoms with Crippen molar-refractivity contribution in [3.63, 3.8) is 0 Å². The Morgan fingerprint density at radius 1 is 1.04 bits per heavy atom. The zero-order valence-corrected chi connectivity index (χ0v) is 16.3. The zero-order chi connectivity index (χ0) is 19.8. The van der Waals surface area contributed by atoms with Gasteiger partial charge in [0.15, 0.2) is 0 Å². The highest BCUT2D eigenvalue weighted by Crippen LogP contribution is 2.14. The van der Waals surface area contributed by atoms with Crippen LogP contribution in [0.1, 0.15) is 21.5 Å². The van der Waals surface area contributed by atoms with Gasteiger partial charge in [-0.15, -0.1) is 0 Å². The summed E-state index contributed by atoms with van der Waals surface area (Å²) in [5, 5.41) is 3.29. The van der Waals surface area contributed by atoms with Crippen LogP contribution in [0, 0.1) is 0 Å². The smallest absolute Gasteiger partial charge is 0.255 e. The lowest BCUT2D eigenvalue weighted by atomic mass is 10.1. The highest BCUT2D eigenvalue weighted by molar-refractivity contribution is 5.93. The van der Waals surface area contributed by atoms with Crippen LogP contribution in [-0.2, 0) is 13.0 Å². The Balaban J connectivity index is 1.51. The Labute approximate surface area is 166 Å². The molecule has 0 radical (unpaired) electrons. The molecule has 0 saturated carbocycles. The van der Waals surface area contributed by atoms with Crippen LogP contribution in [0.25, 0.3) is 0 Å². The zero-order valence-electron chi connectivity index (χ0n) is 16.3. The first kappa shape index (κ1) is 19.4.